The lowest BCUT2D eigenvalue weighted by Crippen LogP contribution is -2.49. The number of imide groups is 1. The molecule has 7 rings (SSSR count). The van der Waals surface area contributed by atoms with Gasteiger partial charge in [-0.2, -0.15) is 0 Å². The highest BCUT2D eigenvalue weighted by Gasteiger charge is 2.49. The normalized spacial score (nSPS) is 19.9. The van der Waals surface area contributed by atoms with Crippen molar-refractivity contribution in [3.8, 4) is 5.75 Å². The lowest BCUT2D eigenvalue weighted by atomic mass is 9.82. The number of benzene rings is 5. The maximum atomic E-state index is 15.3. The lowest BCUT2D eigenvalue weighted by Gasteiger charge is -2.40. The molecule has 5 aromatic rings. The fourth-order valence-electron chi connectivity index (χ4n) is 6.68. The molecule has 0 spiro atoms. The fraction of sp³-hybridized carbons (Fsp3) is 0.220. The quantitative estimate of drug-likeness (QED) is 0.144. The predicted octanol–water partition coefficient (Wildman–Crippen LogP) is 9.16. The van der Waals surface area contributed by atoms with Crippen molar-refractivity contribution in [3.63, 3.8) is 0 Å². The molecule has 0 aliphatic carbocycles. The van der Waals surface area contributed by atoms with Gasteiger partial charge in [0.25, 0.3) is 0 Å². The molecule has 0 radical (unpaired) electrons. The van der Waals surface area contributed by atoms with Crippen LogP contribution in [0.5, 0.6) is 5.75 Å². The molecule has 1 N–H and O–H groups in total. The summed E-state index contributed by atoms with van der Waals surface area (Å²) in [5.74, 6) is -1.28. The Labute approximate surface area is 304 Å². The Morgan fingerprint density at radius 1 is 0.863 bits per heavy atom. The molecule has 5 atom stereocenters. The van der Waals surface area contributed by atoms with Gasteiger partial charge in [-0.1, -0.05) is 113 Å². The lowest BCUT2D eigenvalue weighted by molar-refractivity contribution is -0.196. The van der Waals surface area contributed by atoms with Gasteiger partial charge in [-0.25, -0.2) is 14.1 Å². The minimum absolute atomic E-state index is 0.0225. The largest absolute Gasteiger partial charge is 0.489 e. The molecule has 8 nitrogen and oxygen atoms in total. The summed E-state index contributed by atoms with van der Waals surface area (Å²) in [6, 6.07) is 39.1. The zero-order chi connectivity index (χ0) is 35.2. The van der Waals surface area contributed by atoms with E-state index in [2.05, 4.69) is 21.2 Å². The van der Waals surface area contributed by atoms with Crippen molar-refractivity contribution in [2.75, 3.05) is 18.7 Å². The number of anilines is 1. The molecule has 0 aromatic heterocycles. The van der Waals surface area contributed by atoms with Gasteiger partial charge in [-0.05, 0) is 53.1 Å². The summed E-state index contributed by atoms with van der Waals surface area (Å²) < 4.78 is 39.1. The highest BCUT2D eigenvalue weighted by Crippen LogP contribution is 2.43. The van der Waals surface area contributed by atoms with Crippen LogP contribution in [0.4, 0.5) is 14.9 Å². The Kier molecular flexibility index (Phi) is 10.7. The number of halogens is 2. The van der Waals surface area contributed by atoms with Crippen LogP contribution in [-0.4, -0.2) is 36.4 Å². The summed E-state index contributed by atoms with van der Waals surface area (Å²) in [4.78, 5) is 30.0. The monoisotopic (exact) mass is 750 g/mol. The van der Waals surface area contributed by atoms with Crippen LogP contribution in [0.25, 0.3) is 0 Å². The predicted molar refractivity (Wildman–Crippen MR) is 193 cm³/mol. The van der Waals surface area contributed by atoms with Crippen LogP contribution in [0.2, 0.25) is 0 Å². The van der Waals surface area contributed by atoms with Gasteiger partial charge in [-0.15, -0.1) is 0 Å². The minimum Gasteiger partial charge on any atom is -0.489 e. The second-order valence-corrected chi connectivity index (χ2v) is 13.4. The van der Waals surface area contributed by atoms with Crippen molar-refractivity contribution >= 4 is 33.6 Å². The standard InChI is InChI=1S/C41H36BrFN2O6/c42-30-18-21-33(36(22-30)48-24-27-10-4-1-5-11-27)39(44-32-14-8-3-9-15-32)38(37-23-35(50-26-51-37)29-16-19-31(43)20-17-29)40(46)45-34(25-49-41(45)47)28-12-6-2-7-13-28/h1-22,34-35,37-39,44H,23-26H2/t34-,35+,37-,38-,39-/m1/s1. The fourth-order valence-corrected chi connectivity index (χ4v) is 7.02. The number of ether oxygens (including phenoxy) is 4. The first-order valence-electron chi connectivity index (χ1n) is 16.8. The second kappa shape index (κ2) is 15.9. The SMILES string of the molecule is O=C1OC[C@H](c2ccccc2)N1C(=O)[C@@H]([C@H](Nc1ccccc1)c1ccc(Br)cc1OCc1ccccc1)[C@H]1C[C@@H](c2ccc(F)cc2)OCO1. The zero-order valence-electron chi connectivity index (χ0n) is 27.6. The minimum atomic E-state index is -0.992. The highest BCUT2D eigenvalue weighted by molar-refractivity contribution is 9.10. The van der Waals surface area contributed by atoms with Gasteiger partial charge in [-0.3, -0.25) is 4.79 Å². The summed E-state index contributed by atoms with van der Waals surface area (Å²) in [5.41, 5.74) is 3.94. The molecule has 0 bridgehead atoms. The van der Waals surface area contributed by atoms with E-state index in [4.69, 9.17) is 18.9 Å². The third-order valence-corrected chi connectivity index (χ3v) is 9.72. The number of carbonyl (C=O) groups is 2. The number of para-hydroxylation sites is 1. The van der Waals surface area contributed by atoms with E-state index in [-0.39, 0.29) is 32.2 Å². The van der Waals surface area contributed by atoms with E-state index < -0.39 is 42.2 Å². The number of nitrogens with zero attached hydrogens (tertiary/aromatic N) is 1. The Bertz CT molecular complexity index is 1930. The van der Waals surface area contributed by atoms with E-state index in [0.717, 1.165) is 26.9 Å². The molecular weight excluding hydrogens is 715 g/mol. The summed E-state index contributed by atoms with van der Waals surface area (Å²) in [7, 11) is 0. The van der Waals surface area contributed by atoms with Gasteiger partial charge in [0.05, 0.1) is 24.2 Å². The van der Waals surface area contributed by atoms with Crippen LogP contribution in [0.3, 0.4) is 0 Å². The first-order valence-corrected chi connectivity index (χ1v) is 17.5. The third-order valence-electron chi connectivity index (χ3n) is 9.22. The van der Waals surface area contributed by atoms with Crippen molar-refractivity contribution < 1.29 is 32.9 Å². The molecule has 260 valence electrons. The molecule has 10 heteroatoms. The van der Waals surface area contributed by atoms with E-state index in [0.29, 0.717) is 11.3 Å². The summed E-state index contributed by atoms with van der Waals surface area (Å²) in [5, 5.41) is 3.62. The molecule has 2 aliphatic rings. The first-order chi connectivity index (χ1) is 24.9. The maximum absolute atomic E-state index is 15.3. The van der Waals surface area contributed by atoms with E-state index in [1.165, 1.54) is 17.0 Å². The van der Waals surface area contributed by atoms with Crippen LogP contribution in [0.1, 0.15) is 46.9 Å². The average molecular weight is 752 g/mol. The first kappa shape index (κ1) is 34.4. The Morgan fingerprint density at radius 2 is 1.55 bits per heavy atom. The number of cyclic esters (lactones) is 1. The Morgan fingerprint density at radius 3 is 2.27 bits per heavy atom. The van der Waals surface area contributed by atoms with Gasteiger partial charge >= 0.3 is 6.09 Å². The van der Waals surface area contributed by atoms with Crippen molar-refractivity contribution in [2.45, 2.75) is 37.3 Å². The number of hydrogen-bond acceptors (Lipinski definition) is 7. The van der Waals surface area contributed by atoms with Crippen LogP contribution in [-0.2, 0) is 25.6 Å². The average Bonchev–Trinajstić information content (AvgIpc) is 3.56. The molecule has 5 aromatic carbocycles. The van der Waals surface area contributed by atoms with E-state index in [1.807, 2.05) is 109 Å². The molecule has 2 fully saturated rings. The van der Waals surface area contributed by atoms with Gasteiger partial charge in [0, 0.05) is 22.1 Å². The molecule has 2 saturated heterocycles. The summed E-state index contributed by atoms with van der Waals surface area (Å²) in [6.07, 6.45) is -1.72. The Hall–Kier alpha value is -5.03. The molecular formula is C41H36BrFN2O6. The number of nitrogens with one attached hydrogen (secondary N) is 1. The van der Waals surface area contributed by atoms with Gasteiger partial charge < -0.3 is 24.3 Å². The van der Waals surface area contributed by atoms with Crippen molar-refractivity contribution in [3.05, 3.63) is 166 Å². The van der Waals surface area contributed by atoms with E-state index in [9.17, 15) is 9.18 Å². The molecule has 2 amide bonds. The smallest absolute Gasteiger partial charge is 0.417 e. The molecule has 0 unspecified atom stereocenters. The van der Waals surface area contributed by atoms with Gasteiger partial charge in [0.15, 0.2) is 0 Å². The molecule has 2 aliphatic heterocycles. The zero-order valence-corrected chi connectivity index (χ0v) is 29.2. The van der Waals surface area contributed by atoms with Crippen LogP contribution < -0.4 is 10.1 Å². The van der Waals surface area contributed by atoms with Gasteiger partial charge in [0.2, 0.25) is 5.91 Å². The van der Waals surface area contributed by atoms with Crippen LogP contribution >= 0.6 is 15.9 Å². The number of amides is 2. The van der Waals surface area contributed by atoms with Gasteiger partial charge in [0.1, 0.15) is 37.6 Å². The number of hydrogen-bond donors (Lipinski definition) is 1. The van der Waals surface area contributed by atoms with Crippen molar-refractivity contribution in [2.24, 2.45) is 5.92 Å². The Balaban J connectivity index is 1.34. The highest BCUT2D eigenvalue weighted by atomic mass is 79.9. The number of rotatable bonds is 11. The summed E-state index contributed by atoms with van der Waals surface area (Å²) in [6.45, 7) is 0.198. The molecule has 2 heterocycles. The molecule has 0 saturated carbocycles. The van der Waals surface area contributed by atoms with Crippen molar-refractivity contribution in [1.82, 2.24) is 4.90 Å². The van der Waals surface area contributed by atoms with Crippen molar-refractivity contribution in [1.29, 1.82) is 0 Å². The van der Waals surface area contributed by atoms with Crippen LogP contribution in [0.15, 0.2) is 138 Å². The topological polar surface area (TPSA) is 86.3 Å². The summed E-state index contributed by atoms with van der Waals surface area (Å²) >= 11 is 3.61. The second-order valence-electron chi connectivity index (χ2n) is 12.4. The third kappa shape index (κ3) is 7.99. The van der Waals surface area contributed by atoms with E-state index in [1.54, 1.807) is 12.1 Å². The maximum Gasteiger partial charge on any atom is 0.417 e. The van der Waals surface area contributed by atoms with E-state index >= 15 is 4.79 Å². The number of carbonyl (C=O) groups excluding carboxylic acids is 2. The molecule has 51 heavy (non-hydrogen) atoms. The van der Waals surface area contributed by atoms with Crippen LogP contribution in [0, 0.1) is 11.7 Å².